The molecule has 0 fully saturated rings. The van der Waals surface area contributed by atoms with Crippen molar-refractivity contribution < 1.29 is 0 Å². The van der Waals surface area contributed by atoms with Crippen LogP contribution in [0.2, 0.25) is 0 Å². The molecule has 1 heterocycles. The quantitative estimate of drug-likeness (QED) is 0.682. The van der Waals surface area contributed by atoms with Crippen LogP contribution in [0.5, 0.6) is 0 Å². The van der Waals surface area contributed by atoms with Crippen LogP contribution in [0, 0.1) is 13.1 Å². The third-order valence-electron chi connectivity index (χ3n) is 3.92. The Balaban J connectivity index is 1.85. The van der Waals surface area contributed by atoms with Crippen molar-refractivity contribution in [1.82, 2.24) is 9.55 Å². The van der Waals surface area contributed by atoms with Gasteiger partial charge < -0.3 is 4.57 Å². The minimum atomic E-state index is 0.411. The molecule has 0 amide bonds. The average Bonchev–Trinajstić information content (AvgIpc) is 2.95. The minimum absolute atomic E-state index is 0.411. The third kappa shape index (κ3) is 3.22. The van der Waals surface area contributed by atoms with Crippen LogP contribution in [-0.2, 0) is 6.54 Å². The number of benzene rings is 2. The number of hydrogen-bond acceptors (Lipinski definition) is 1. The van der Waals surface area contributed by atoms with Crippen LogP contribution in [0.1, 0.15) is 29.3 Å². The van der Waals surface area contributed by atoms with E-state index in [0.717, 1.165) is 18.8 Å². The second-order valence-corrected chi connectivity index (χ2v) is 5.27. The summed E-state index contributed by atoms with van der Waals surface area (Å²) in [6.45, 7) is 2.98. The molecule has 2 aromatic carbocycles. The van der Waals surface area contributed by atoms with Crippen LogP contribution in [0.15, 0.2) is 66.9 Å². The largest absolute Gasteiger partial charge is 0.334 e. The first kappa shape index (κ1) is 13.6. The molecule has 1 aromatic heterocycles. The van der Waals surface area contributed by atoms with E-state index in [4.69, 9.17) is 0 Å². The van der Waals surface area contributed by atoms with Crippen molar-refractivity contribution in [2.45, 2.75) is 25.8 Å². The highest BCUT2D eigenvalue weighted by Crippen LogP contribution is 2.28. The monoisotopic (exact) mass is 275 g/mol. The van der Waals surface area contributed by atoms with Crippen LogP contribution in [0.4, 0.5) is 0 Å². The van der Waals surface area contributed by atoms with Gasteiger partial charge in [0.05, 0.1) is 0 Å². The van der Waals surface area contributed by atoms with E-state index < -0.39 is 0 Å². The maximum Gasteiger partial charge on any atom is 0.109 e. The van der Waals surface area contributed by atoms with Crippen molar-refractivity contribution in [2.75, 3.05) is 0 Å². The van der Waals surface area contributed by atoms with Crippen LogP contribution < -0.4 is 0 Å². The Morgan fingerprint density at radius 1 is 0.952 bits per heavy atom. The van der Waals surface area contributed by atoms with Gasteiger partial charge in [0.1, 0.15) is 12.0 Å². The van der Waals surface area contributed by atoms with Crippen molar-refractivity contribution >= 4 is 0 Å². The molecule has 21 heavy (non-hydrogen) atoms. The molecule has 105 valence electrons. The lowest BCUT2D eigenvalue weighted by Crippen LogP contribution is -2.07. The van der Waals surface area contributed by atoms with Crippen LogP contribution in [0.3, 0.4) is 0 Å². The maximum absolute atomic E-state index is 4.18. The summed E-state index contributed by atoms with van der Waals surface area (Å²) in [7, 11) is 0. The Bertz CT molecular complexity index is 632. The molecule has 0 aliphatic heterocycles. The fraction of sp³-hybridized carbons (Fsp3) is 0.211. The van der Waals surface area contributed by atoms with Gasteiger partial charge in [-0.05, 0) is 24.5 Å². The highest BCUT2D eigenvalue weighted by molar-refractivity contribution is 5.32. The predicted molar refractivity (Wildman–Crippen MR) is 85.1 cm³/mol. The van der Waals surface area contributed by atoms with Crippen molar-refractivity contribution in [1.29, 1.82) is 0 Å². The lowest BCUT2D eigenvalue weighted by molar-refractivity contribution is 0.584. The Labute approximate surface area is 126 Å². The second kappa shape index (κ2) is 6.40. The number of nitrogens with zero attached hydrogens (tertiary/aromatic N) is 2. The molecule has 2 heteroatoms. The van der Waals surface area contributed by atoms with E-state index >= 15 is 0 Å². The van der Waals surface area contributed by atoms with Gasteiger partial charge in [-0.2, -0.15) is 0 Å². The molecule has 2 nitrogen and oxygen atoms in total. The summed E-state index contributed by atoms with van der Waals surface area (Å²) in [5.41, 5.74) is 2.73. The topological polar surface area (TPSA) is 17.8 Å². The first-order valence-corrected chi connectivity index (χ1v) is 7.34. The summed E-state index contributed by atoms with van der Waals surface area (Å²) in [4.78, 5) is 4.18. The molecular formula is C19H19N2. The van der Waals surface area contributed by atoms with Crippen molar-refractivity contribution in [3.8, 4) is 0 Å². The number of imidazole rings is 1. The highest BCUT2D eigenvalue weighted by atomic mass is 15.0. The lowest BCUT2D eigenvalue weighted by Gasteiger charge is -2.18. The lowest BCUT2D eigenvalue weighted by atomic mass is 9.88. The van der Waals surface area contributed by atoms with Crippen LogP contribution in [-0.4, -0.2) is 9.55 Å². The molecule has 1 radical (unpaired) electrons. The van der Waals surface area contributed by atoms with Crippen molar-refractivity contribution in [2.24, 2.45) is 0 Å². The van der Waals surface area contributed by atoms with E-state index in [9.17, 15) is 0 Å². The average molecular weight is 275 g/mol. The fourth-order valence-corrected chi connectivity index (χ4v) is 2.74. The van der Waals surface area contributed by atoms with E-state index in [2.05, 4.69) is 76.4 Å². The minimum Gasteiger partial charge on any atom is -0.334 e. The molecule has 0 saturated heterocycles. The maximum atomic E-state index is 4.18. The Kier molecular flexibility index (Phi) is 4.15. The Hall–Kier alpha value is -2.35. The first-order valence-electron chi connectivity index (χ1n) is 7.34. The van der Waals surface area contributed by atoms with E-state index in [0.29, 0.717) is 5.92 Å². The van der Waals surface area contributed by atoms with Gasteiger partial charge >= 0.3 is 0 Å². The SMILES string of the molecule is Cc1n[c]cn1CCC(c1ccccc1)c1ccccc1. The molecule has 0 N–H and O–H groups in total. The molecule has 0 spiro atoms. The molecule has 0 atom stereocenters. The first-order chi connectivity index (χ1) is 10.3. The summed E-state index contributed by atoms with van der Waals surface area (Å²) in [6.07, 6.45) is 5.90. The highest BCUT2D eigenvalue weighted by Gasteiger charge is 2.14. The van der Waals surface area contributed by atoms with Crippen molar-refractivity contribution in [3.05, 3.63) is 90.0 Å². The number of hydrogen-bond donors (Lipinski definition) is 0. The molecule has 0 unspecified atom stereocenters. The summed E-state index contributed by atoms with van der Waals surface area (Å²) in [6, 6.07) is 21.4. The predicted octanol–water partition coefficient (Wildman–Crippen LogP) is 4.21. The molecule has 3 aromatic rings. The number of rotatable bonds is 5. The fourth-order valence-electron chi connectivity index (χ4n) is 2.74. The van der Waals surface area contributed by atoms with E-state index in [1.807, 2.05) is 13.1 Å². The summed E-state index contributed by atoms with van der Waals surface area (Å²) in [5, 5.41) is 0. The summed E-state index contributed by atoms with van der Waals surface area (Å²) < 4.78 is 2.17. The zero-order valence-electron chi connectivity index (χ0n) is 12.2. The summed E-state index contributed by atoms with van der Waals surface area (Å²) >= 11 is 0. The Morgan fingerprint density at radius 2 is 1.52 bits per heavy atom. The van der Waals surface area contributed by atoms with Gasteiger partial charge in [0.2, 0.25) is 0 Å². The summed E-state index contributed by atoms with van der Waals surface area (Å²) in [5.74, 6) is 1.43. The van der Waals surface area contributed by atoms with Gasteiger partial charge in [-0.3, -0.25) is 0 Å². The molecule has 0 bridgehead atoms. The molecule has 0 aliphatic rings. The van der Waals surface area contributed by atoms with Gasteiger partial charge in [-0.25, -0.2) is 4.98 Å². The Morgan fingerprint density at radius 3 is 2.00 bits per heavy atom. The van der Waals surface area contributed by atoms with E-state index in [-0.39, 0.29) is 0 Å². The second-order valence-electron chi connectivity index (χ2n) is 5.27. The van der Waals surface area contributed by atoms with E-state index in [1.54, 1.807) is 0 Å². The molecule has 0 aliphatic carbocycles. The van der Waals surface area contributed by atoms with Gasteiger partial charge in [-0.1, -0.05) is 60.7 Å². The normalized spacial score (nSPS) is 11.0. The van der Waals surface area contributed by atoms with Crippen molar-refractivity contribution in [3.63, 3.8) is 0 Å². The van der Waals surface area contributed by atoms with Gasteiger partial charge in [0, 0.05) is 18.7 Å². The molecule has 0 saturated carbocycles. The number of aryl methyl sites for hydroxylation is 2. The standard InChI is InChI=1S/C19H19N2/c1-16-20-13-15-21(16)14-12-19(17-8-4-2-5-9-17)18-10-6-3-7-11-18/h2-11,15,19H,12,14H2,1H3. The molecular weight excluding hydrogens is 256 g/mol. The molecule has 3 rings (SSSR count). The van der Waals surface area contributed by atoms with Gasteiger partial charge in [-0.15, -0.1) is 0 Å². The van der Waals surface area contributed by atoms with Crippen LogP contribution >= 0.6 is 0 Å². The smallest absolute Gasteiger partial charge is 0.109 e. The zero-order valence-corrected chi connectivity index (χ0v) is 12.2. The van der Waals surface area contributed by atoms with Gasteiger partial charge in [0.15, 0.2) is 0 Å². The number of aromatic nitrogens is 2. The van der Waals surface area contributed by atoms with E-state index in [1.165, 1.54) is 11.1 Å². The van der Waals surface area contributed by atoms with Crippen LogP contribution in [0.25, 0.3) is 0 Å². The van der Waals surface area contributed by atoms with Gasteiger partial charge in [0.25, 0.3) is 0 Å². The zero-order chi connectivity index (χ0) is 14.5. The third-order valence-corrected chi connectivity index (χ3v) is 3.92.